The average molecular weight is 383 g/mol. The van der Waals surface area contributed by atoms with Crippen molar-refractivity contribution in [3.63, 3.8) is 0 Å². The molecule has 7 nitrogen and oxygen atoms in total. The van der Waals surface area contributed by atoms with Crippen LogP contribution in [-0.4, -0.2) is 21.2 Å². The normalized spacial score (nSPS) is 12.1. The molecule has 29 heavy (non-hydrogen) atoms. The van der Waals surface area contributed by atoms with Crippen LogP contribution in [0, 0.1) is 18.3 Å². The lowest BCUT2D eigenvalue weighted by Gasteiger charge is -2.10. The Kier molecular flexibility index (Phi) is 4.53. The van der Waals surface area contributed by atoms with E-state index in [2.05, 4.69) is 15.3 Å². The third-order valence-corrected chi connectivity index (χ3v) is 4.83. The van der Waals surface area contributed by atoms with Crippen LogP contribution in [0.25, 0.3) is 0 Å². The maximum atomic E-state index is 12.6. The summed E-state index contributed by atoms with van der Waals surface area (Å²) in [7, 11) is 1.70. The second-order valence-electron chi connectivity index (χ2n) is 6.86. The summed E-state index contributed by atoms with van der Waals surface area (Å²) in [6.45, 7) is 2.27. The molecule has 1 N–H and O–H groups in total. The van der Waals surface area contributed by atoms with Crippen molar-refractivity contribution in [2.45, 2.75) is 13.5 Å². The van der Waals surface area contributed by atoms with E-state index in [1.807, 2.05) is 30.3 Å². The van der Waals surface area contributed by atoms with Crippen molar-refractivity contribution < 1.29 is 4.79 Å². The van der Waals surface area contributed by atoms with E-state index < -0.39 is 0 Å². The Bertz CT molecular complexity index is 1280. The van der Waals surface area contributed by atoms with Gasteiger partial charge in [-0.15, -0.1) is 0 Å². The number of carbonyl (C=O) groups is 1. The van der Waals surface area contributed by atoms with E-state index in [0.29, 0.717) is 23.4 Å². The topological polar surface area (TPSA) is 100 Å². The maximum absolute atomic E-state index is 12.6. The van der Waals surface area contributed by atoms with Gasteiger partial charge in [0.1, 0.15) is 11.8 Å². The van der Waals surface area contributed by atoms with Crippen molar-refractivity contribution in [1.82, 2.24) is 9.55 Å². The number of nitrogens with zero attached hydrogens (tertiary/aromatic N) is 4. The molecule has 4 rings (SSSR count). The lowest BCUT2D eigenvalue weighted by molar-refractivity contribution is 0.102. The molecule has 142 valence electrons. The van der Waals surface area contributed by atoms with Gasteiger partial charge in [-0.25, -0.2) is 4.98 Å². The summed E-state index contributed by atoms with van der Waals surface area (Å²) in [6, 6.07) is 12.6. The van der Waals surface area contributed by atoms with Gasteiger partial charge in [-0.3, -0.25) is 14.6 Å². The standard InChI is InChI=1S/C22H17N5O2/c1-13-7-14(10-23)11-24-20(13)22(29)26-17-4-3-16-12-25-21(18(16)9-17)15-5-6-27(2)19(28)8-15/h3-9,11H,12H2,1-2H3,(H,26,29). The molecule has 3 aromatic rings. The van der Waals surface area contributed by atoms with E-state index in [0.717, 1.165) is 22.4 Å². The number of hydrogen-bond acceptors (Lipinski definition) is 5. The van der Waals surface area contributed by atoms with Crippen molar-refractivity contribution in [2.75, 3.05) is 5.32 Å². The number of fused-ring (bicyclic) bond motifs is 1. The second kappa shape index (κ2) is 7.17. The summed E-state index contributed by atoms with van der Waals surface area (Å²) in [6.07, 6.45) is 3.09. The molecule has 0 bridgehead atoms. The lowest BCUT2D eigenvalue weighted by Crippen LogP contribution is -2.17. The minimum Gasteiger partial charge on any atom is -0.321 e. The number of nitrogens with one attached hydrogen (secondary N) is 1. The molecule has 0 saturated carbocycles. The molecule has 3 heterocycles. The third kappa shape index (κ3) is 3.44. The summed E-state index contributed by atoms with van der Waals surface area (Å²) in [5.74, 6) is -0.350. The van der Waals surface area contributed by atoms with Crippen molar-refractivity contribution in [1.29, 1.82) is 5.26 Å². The van der Waals surface area contributed by atoms with E-state index in [1.165, 1.54) is 10.8 Å². The predicted molar refractivity (Wildman–Crippen MR) is 109 cm³/mol. The van der Waals surface area contributed by atoms with Gasteiger partial charge in [0.15, 0.2) is 0 Å². The molecule has 0 radical (unpaired) electrons. The number of aromatic nitrogens is 2. The minimum absolute atomic E-state index is 0.106. The molecule has 7 heteroatoms. The van der Waals surface area contributed by atoms with Gasteiger partial charge in [-0.1, -0.05) is 6.07 Å². The maximum Gasteiger partial charge on any atom is 0.274 e. The Balaban J connectivity index is 1.63. The van der Waals surface area contributed by atoms with Crippen molar-refractivity contribution in [3.05, 3.63) is 92.7 Å². The van der Waals surface area contributed by atoms with Gasteiger partial charge >= 0.3 is 0 Å². The number of amides is 1. The van der Waals surface area contributed by atoms with Gasteiger partial charge < -0.3 is 9.88 Å². The van der Waals surface area contributed by atoms with Crippen molar-refractivity contribution in [3.8, 4) is 6.07 Å². The van der Waals surface area contributed by atoms with E-state index in [-0.39, 0.29) is 17.2 Å². The lowest BCUT2D eigenvalue weighted by atomic mass is 10.00. The number of hydrogen-bond donors (Lipinski definition) is 1. The Labute approximate surface area is 167 Å². The molecule has 0 aliphatic carbocycles. The highest BCUT2D eigenvalue weighted by molar-refractivity contribution is 6.16. The Morgan fingerprint density at radius 3 is 2.79 bits per heavy atom. The van der Waals surface area contributed by atoms with Crippen molar-refractivity contribution in [2.24, 2.45) is 12.0 Å². The first-order chi connectivity index (χ1) is 14.0. The molecule has 0 saturated heterocycles. The summed E-state index contributed by atoms with van der Waals surface area (Å²) in [4.78, 5) is 33.3. The molecule has 1 aliphatic rings. The van der Waals surface area contributed by atoms with Crippen LogP contribution in [0.5, 0.6) is 0 Å². The Hall–Kier alpha value is -4.05. The van der Waals surface area contributed by atoms with Crippen LogP contribution >= 0.6 is 0 Å². The smallest absolute Gasteiger partial charge is 0.274 e. The first kappa shape index (κ1) is 18.3. The highest BCUT2D eigenvalue weighted by atomic mass is 16.2. The van der Waals surface area contributed by atoms with Crippen LogP contribution in [0.4, 0.5) is 5.69 Å². The number of nitriles is 1. The molecule has 0 fully saturated rings. The highest BCUT2D eigenvalue weighted by Gasteiger charge is 2.19. The monoisotopic (exact) mass is 383 g/mol. The minimum atomic E-state index is -0.350. The van der Waals surface area contributed by atoms with Crippen LogP contribution in [0.1, 0.15) is 38.3 Å². The number of pyridine rings is 2. The highest BCUT2D eigenvalue weighted by Crippen LogP contribution is 2.26. The molecule has 2 aromatic heterocycles. The summed E-state index contributed by atoms with van der Waals surface area (Å²) in [5.41, 5.74) is 5.22. The fraction of sp³-hybridized carbons (Fsp3) is 0.136. The molecular weight excluding hydrogens is 366 g/mol. The number of anilines is 1. The fourth-order valence-corrected chi connectivity index (χ4v) is 3.27. The summed E-state index contributed by atoms with van der Waals surface area (Å²) >= 11 is 0. The molecule has 1 aliphatic heterocycles. The summed E-state index contributed by atoms with van der Waals surface area (Å²) < 4.78 is 1.50. The molecule has 1 amide bonds. The molecular formula is C22H17N5O2. The zero-order chi connectivity index (χ0) is 20.5. The van der Waals surface area contributed by atoms with E-state index in [9.17, 15) is 9.59 Å². The second-order valence-corrected chi connectivity index (χ2v) is 6.86. The number of aryl methyl sites for hydroxylation is 2. The zero-order valence-electron chi connectivity index (χ0n) is 15.9. The van der Waals surface area contributed by atoms with Crippen LogP contribution in [0.3, 0.4) is 0 Å². The zero-order valence-corrected chi connectivity index (χ0v) is 15.9. The molecule has 0 spiro atoms. The summed E-state index contributed by atoms with van der Waals surface area (Å²) in [5, 5.41) is 11.8. The van der Waals surface area contributed by atoms with E-state index in [1.54, 1.807) is 32.3 Å². The first-order valence-corrected chi connectivity index (χ1v) is 8.99. The average Bonchev–Trinajstić information content (AvgIpc) is 3.13. The SMILES string of the molecule is Cc1cc(C#N)cnc1C(=O)Nc1ccc2c(c1)C(c1ccn(C)c(=O)c1)=NC2. The van der Waals surface area contributed by atoms with Crippen LogP contribution in [0.15, 0.2) is 58.6 Å². The van der Waals surface area contributed by atoms with Gasteiger partial charge in [0.2, 0.25) is 0 Å². The largest absolute Gasteiger partial charge is 0.321 e. The van der Waals surface area contributed by atoms with Crippen molar-refractivity contribution >= 4 is 17.3 Å². The first-order valence-electron chi connectivity index (χ1n) is 8.99. The van der Waals surface area contributed by atoms with Gasteiger partial charge in [0.05, 0.1) is 17.8 Å². The predicted octanol–water partition coefficient (Wildman–Crippen LogP) is 2.56. The Morgan fingerprint density at radius 1 is 1.24 bits per heavy atom. The number of aliphatic imine (C=N–C) groups is 1. The van der Waals surface area contributed by atoms with Crippen LogP contribution in [0.2, 0.25) is 0 Å². The molecule has 0 unspecified atom stereocenters. The molecule has 1 aromatic carbocycles. The van der Waals surface area contributed by atoms with Crippen LogP contribution in [-0.2, 0) is 13.6 Å². The van der Waals surface area contributed by atoms with Gasteiger partial charge in [-0.2, -0.15) is 5.26 Å². The third-order valence-electron chi connectivity index (χ3n) is 4.83. The van der Waals surface area contributed by atoms with Crippen LogP contribution < -0.4 is 10.9 Å². The Morgan fingerprint density at radius 2 is 2.07 bits per heavy atom. The quantitative estimate of drug-likeness (QED) is 0.751. The number of carbonyl (C=O) groups excluding carboxylic acids is 1. The van der Waals surface area contributed by atoms with E-state index in [4.69, 9.17) is 5.26 Å². The number of benzene rings is 1. The van der Waals surface area contributed by atoms with E-state index >= 15 is 0 Å². The fourth-order valence-electron chi connectivity index (χ4n) is 3.27. The van der Waals surface area contributed by atoms with Gasteiger partial charge in [-0.05, 0) is 42.3 Å². The number of rotatable bonds is 3. The van der Waals surface area contributed by atoms with Gasteiger partial charge in [0.25, 0.3) is 11.5 Å². The van der Waals surface area contributed by atoms with Gasteiger partial charge in [0, 0.05) is 42.3 Å². The molecule has 0 atom stereocenters.